The number of carbonyl (C=O) groups is 1. The van der Waals surface area contributed by atoms with Crippen molar-refractivity contribution in [1.82, 2.24) is 9.88 Å². The van der Waals surface area contributed by atoms with Crippen LogP contribution in [0.4, 0.5) is 0 Å². The first-order chi connectivity index (χ1) is 11.5. The molecule has 0 bridgehead atoms. The number of pyridine rings is 1. The largest absolute Gasteiger partial charge is 0.481 e. The van der Waals surface area contributed by atoms with Crippen molar-refractivity contribution in [3.8, 4) is 5.75 Å². The number of rotatable bonds is 7. The Morgan fingerprint density at radius 2 is 2.12 bits per heavy atom. The van der Waals surface area contributed by atoms with Crippen LogP contribution in [0.25, 0.3) is 0 Å². The molecule has 1 aromatic heterocycles. The Morgan fingerprint density at radius 1 is 1.33 bits per heavy atom. The molecule has 0 saturated heterocycles. The van der Waals surface area contributed by atoms with Crippen LogP contribution in [-0.4, -0.2) is 28.4 Å². The monoisotopic (exact) mass is 324 g/mol. The van der Waals surface area contributed by atoms with Gasteiger partial charge in [-0.1, -0.05) is 24.3 Å². The van der Waals surface area contributed by atoms with Crippen molar-refractivity contribution >= 4 is 5.91 Å². The third-order valence-electron chi connectivity index (χ3n) is 3.74. The van der Waals surface area contributed by atoms with Gasteiger partial charge in [-0.15, -0.1) is 6.58 Å². The average molecular weight is 324 g/mol. The summed E-state index contributed by atoms with van der Waals surface area (Å²) in [5.41, 5.74) is 2.96. The summed E-state index contributed by atoms with van der Waals surface area (Å²) in [5.74, 6) is 0.661. The SMILES string of the molecule is C=CCN(Cc1ccccn1)C(=O)[C@H](C)Oc1cc(C)ccc1C. The molecule has 24 heavy (non-hydrogen) atoms. The second-order valence-electron chi connectivity index (χ2n) is 5.86. The molecule has 0 spiro atoms. The standard InChI is InChI=1S/C20H24N2O2/c1-5-12-22(14-18-8-6-7-11-21-18)20(23)17(4)24-19-13-15(2)9-10-16(19)3/h5-11,13,17H,1,12,14H2,2-4H3/t17-/m0/s1. The second kappa shape index (κ2) is 8.29. The van der Waals surface area contributed by atoms with Gasteiger partial charge < -0.3 is 9.64 Å². The van der Waals surface area contributed by atoms with Crippen LogP contribution >= 0.6 is 0 Å². The molecule has 0 saturated carbocycles. The molecule has 0 aliphatic heterocycles. The van der Waals surface area contributed by atoms with Crippen LogP contribution in [0, 0.1) is 13.8 Å². The highest BCUT2D eigenvalue weighted by atomic mass is 16.5. The van der Waals surface area contributed by atoms with Crippen LogP contribution in [0.2, 0.25) is 0 Å². The Kier molecular flexibility index (Phi) is 6.13. The number of nitrogens with zero attached hydrogens (tertiary/aromatic N) is 2. The highest BCUT2D eigenvalue weighted by Gasteiger charge is 2.22. The van der Waals surface area contributed by atoms with Crippen LogP contribution in [-0.2, 0) is 11.3 Å². The predicted molar refractivity (Wildman–Crippen MR) is 95.9 cm³/mol. The molecule has 2 aromatic rings. The lowest BCUT2D eigenvalue weighted by atomic mass is 10.1. The van der Waals surface area contributed by atoms with Crippen molar-refractivity contribution in [3.63, 3.8) is 0 Å². The van der Waals surface area contributed by atoms with E-state index in [9.17, 15) is 4.79 Å². The fourth-order valence-corrected chi connectivity index (χ4v) is 2.41. The maximum absolute atomic E-state index is 12.8. The third kappa shape index (κ3) is 4.69. The minimum Gasteiger partial charge on any atom is -0.481 e. The molecule has 2 rings (SSSR count). The van der Waals surface area contributed by atoms with Gasteiger partial charge in [0.25, 0.3) is 5.91 Å². The predicted octanol–water partition coefficient (Wildman–Crippen LogP) is 3.68. The van der Waals surface area contributed by atoms with E-state index in [-0.39, 0.29) is 5.91 Å². The van der Waals surface area contributed by atoms with Gasteiger partial charge in [0.05, 0.1) is 12.2 Å². The maximum Gasteiger partial charge on any atom is 0.263 e. The van der Waals surface area contributed by atoms with Gasteiger partial charge in [0, 0.05) is 12.7 Å². The number of benzene rings is 1. The van der Waals surface area contributed by atoms with Crippen molar-refractivity contribution in [2.75, 3.05) is 6.54 Å². The van der Waals surface area contributed by atoms with Gasteiger partial charge >= 0.3 is 0 Å². The Balaban J connectivity index is 2.10. The quantitative estimate of drug-likeness (QED) is 0.730. The highest BCUT2D eigenvalue weighted by molar-refractivity contribution is 5.81. The number of aromatic nitrogens is 1. The lowest BCUT2D eigenvalue weighted by Gasteiger charge is -2.25. The first-order valence-corrected chi connectivity index (χ1v) is 8.04. The van der Waals surface area contributed by atoms with E-state index in [4.69, 9.17) is 4.74 Å². The van der Waals surface area contributed by atoms with Crippen molar-refractivity contribution in [2.45, 2.75) is 33.4 Å². The van der Waals surface area contributed by atoms with Gasteiger partial charge in [-0.25, -0.2) is 0 Å². The molecule has 1 heterocycles. The summed E-state index contributed by atoms with van der Waals surface area (Å²) in [6.07, 6.45) is 2.86. The number of hydrogen-bond acceptors (Lipinski definition) is 3. The zero-order valence-corrected chi connectivity index (χ0v) is 14.5. The minimum atomic E-state index is -0.575. The molecular weight excluding hydrogens is 300 g/mol. The topological polar surface area (TPSA) is 42.4 Å². The molecule has 126 valence electrons. The summed E-state index contributed by atoms with van der Waals surface area (Å²) in [6.45, 7) is 10.4. The zero-order valence-electron chi connectivity index (χ0n) is 14.5. The van der Waals surface area contributed by atoms with Crippen LogP contribution in [0.5, 0.6) is 5.75 Å². The number of amides is 1. The van der Waals surface area contributed by atoms with Crippen molar-refractivity contribution in [2.24, 2.45) is 0 Å². The Morgan fingerprint density at radius 3 is 2.79 bits per heavy atom. The Hall–Kier alpha value is -2.62. The van der Waals surface area contributed by atoms with E-state index in [0.717, 1.165) is 22.6 Å². The lowest BCUT2D eigenvalue weighted by Crippen LogP contribution is -2.40. The number of ether oxygens (including phenoxy) is 1. The van der Waals surface area contributed by atoms with E-state index in [1.807, 2.05) is 50.2 Å². The highest BCUT2D eigenvalue weighted by Crippen LogP contribution is 2.21. The number of carbonyl (C=O) groups excluding carboxylic acids is 1. The average Bonchev–Trinajstić information content (AvgIpc) is 2.58. The van der Waals surface area contributed by atoms with Crippen LogP contribution in [0.3, 0.4) is 0 Å². The van der Waals surface area contributed by atoms with E-state index in [0.29, 0.717) is 13.1 Å². The van der Waals surface area contributed by atoms with Crippen LogP contribution < -0.4 is 4.74 Å². The first-order valence-electron chi connectivity index (χ1n) is 8.04. The molecule has 0 fully saturated rings. The zero-order chi connectivity index (χ0) is 17.5. The summed E-state index contributed by atoms with van der Waals surface area (Å²) in [7, 11) is 0. The van der Waals surface area contributed by atoms with Gasteiger partial charge in [0.15, 0.2) is 6.10 Å². The van der Waals surface area contributed by atoms with Crippen LogP contribution in [0.1, 0.15) is 23.7 Å². The summed E-state index contributed by atoms with van der Waals surface area (Å²) in [5, 5.41) is 0. The van der Waals surface area contributed by atoms with Gasteiger partial charge in [-0.05, 0) is 50.1 Å². The molecule has 0 aliphatic rings. The summed E-state index contributed by atoms with van der Waals surface area (Å²) in [4.78, 5) is 18.7. The molecule has 4 nitrogen and oxygen atoms in total. The van der Waals surface area contributed by atoms with Gasteiger partial charge in [-0.3, -0.25) is 9.78 Å². The Bertz CT molecular complexity index is 698. The molecule has 0 unspecified atom stereocenters. The van der Waals surface area contributed by atoms with Crippen molar-refractivity contribution < 1.29 is 9.53 Å². The minimum absolute atomic E-state index is 0.0820. The molecule has 1 atom stereocenters. The fraction of sp³-hybridized carbons (Fsp3) is 0.300. The normalized spacial score (nSPS) is 11.6. The first kappa shape index (κ1) is 17.7. The fourth-order valence-electron chi connectivity index (χ4n) is 2.41. The molecule has 1 amide bonds. The van der Waals surface area contributed by atoms with E-state index in [1.54, 1.807) is 24.1 Å². The van der Waals surface area contributed by atoms with E-state index < -0.39 is 6.10 Å². The molecular formula is C20H24N2O2. The smallest absolute Gasteiger partial charge is 0.263 e. The van der Waals surface area contributed by atoms with E-state index >= 15 is 0 Å². The maximum atomic E-state index is 12.8. The molecule has 4 heteroatoms. The molecule has 0 N–H and O–H groups in total. The molecule has 0 aliphatic carbocycles. The van der Waals surface area contributed by atoms with E-state index in [1.165, 1.54) is 0 Å². The number of hydrogen-bond donors (Lipinski definition) is 0. The number of aryl methyl sites for hydroxylation is 2. The molecule has 1 aromatic carbocycles. The van der Waals surface area contributed by atoms with Crippen molar-refractivity contribution in [3.05, 3.63) is 72.1 Å². The van der Waals surface area contributed by atoms with Crippen molar-refractivity contribution in [1.29, 1.82) is 0 Å². The Labute approximate surface area is 143 Å². The van der Waals surface area contributed by atoms with Crippen LogP contribution in [0.15, 0.2) is 55.3 Å². The summed E-state index contributed by atoms with van der Waals surface area (Å²) < 4.78 is 5.91. The lowest BCUT2D eigenvalue weighted by molar-refractivity contribution is -0.138. The summed E-state index contributed by atoms with van der Waals surface area (Å²) in [6, 6.07) is 11.6. The summed E-state index contributed by atoms with van der Waals surface area (Å²) >= 11 is 0. The molecule has 0 radical (unpaired) electrons. The van der Waals surface area contributed by atoms with Gasteiger partial charge in [-0.2, -0.15) is 0 Å². The van der Waals surface area contributed by atoms with E-state index in [2.05, 4.69) is 11.6 Å². The third-order valence-corrected chi connectivity index (χ3v) is 3.74. The van der Waals surface area contributed by atoms with Gasteiger partial charge in [0.2, 0.25) is 0 Å². The second-order valence-corrected chi connectivity index (χ2v) is 5.86. The van der Waals surface area contributed by atoms with Gasteiger partial charge in [0.1, 0.15) is 5.75 Å².